The lowest BCUT2D eigenvalue weighted by molar-refractivity contribution is 0.702. The van der Waals surface area contributed by atoms with E-state index in [1.54, 1.807) is 11.8 Å². The number of rotatable bonds is 2. The van der Waals surface area contributed by atoms with E-state index in [1.165, 1.54) is 37.3 Å². The Morgan fingerprint density at radius 2 is 1.48 bits per heavy atom. The van der Waals surface area contributed by atoms with Crippen LogP contribution in [0.15, 0.2) is 22.1 Å². The third-order valence-electron chi connectivity index (χ3n) is 4.18. The molecule has 0 saturated heterocycles. The summed E-state index contributed by atoms with van der Waals surface area (Å²) in [5.74, 6) is 0. The molecule has 3 rings (SSSR count). The molecule has 0 amide bonds. The quantitative estimate of drug-likeness (QED) is 0.727. The van der Waals surface area contributed by atoms with Crippen LogP contribution in [0.1, 0.15) is 27.8 Å². The van der Waals surface area contributed by atoms with Gasteiger partial charge >= 0.3 is 0 Å². The highest BCUT2D eigenvalue weighted by Crippen LogP contribution is 2.36. The fourth-order valence-corrected chi connectivity index (χ4v) is 3.49. The van der Waals surface area contributed by atoms with Gasteiger partial charge in [-0.2, -0.15) is 0 Å². The molecule has 2 aromatic heterocycles. The van der Waals surface area contributed by atoms with Crippen molar-refractivity contribution in [3.63, 3.8) is 0 Å². The van der Waals surface area contributed by atoms with Crippen molar-refractivity contribution in [2.75, 3.05) is 0 Å². The van der Waals surface area contributed by atoms with Gasteiger partial charge in [0, 0.05) is 4.90 Å². The van der Waals surface area contributed by atoms with Crippen LogP contribution in [-0.2, 0) is 0 Å². The Kier molecular flexibility index (Phi) is 3.41. The first-order valence-electron chi connectivity index (χ1n) is 6.79. The molecule has 0 aliphatic carbocycles. The van der Waals surface area contributed by atoms with Crippen molar-refractivity contribution < 1.29 is 0 Å². The fourth-order valence-electron chi connectivity index (χ4n) is 2.41. The molecule has 0 saturated carbocycles. The van der Waals surface area contributed by atoms with E-state index in [0.717, 1.165) is 5.03 Å². The van der Waals surface area contributed by atoms with E-state index in [9.17, 15) is 0 Å². The molecular formula is C15H17N5S. The Bertz CT molecular complexity index is 808. The molecule has 108 valence electrons. The van der Waals surface area contributed by atoms with E-state index >= 15 is 0 Å². The van der Waals surface area contributed by atoms with E-state index in [-0.39, 0.29) is 0 Å². The van der Waals surface area contributed by atoms with E-state index in [1.807, 2.05) is 12.1 Å². The van der Waals surface area contributed by atoms with Crippen LogP contribution in [0.5, 0.6) is 0 Å². The molecule has 0 atom stereocenters. The predicted octanol–water partition coefficient (Wildman–Crippen LogP) is 3.21. The van der Waals surface area contributed by atoms with Crippen LogP contribution in [-0.4, -0.2) is 25.3 Å². The second-order valence-corrected chi connectivity index (χ2v) is 6.28. The van der Waals surface area contributed by atoms with Gasteiger partial charge in [-0.1, -0.05) is 11.8 Å². The summed E-state index contributed by atoms with van der Waals surface area (Å²) in [5, 5.41) is 16.7. The Labute approximate surface area is 127 Å². The molecule has 1 aromatic carbocycles. The summed E-state index contributed by atoms with van der Waals surface area (Å²) < 4.78 is 1.46. The zero-order valence-electron chi connectivity index (χ0n) is 12.8. The van der Waals surface area contributed by atoms with Crippen molar-refractivity contribution >= 4 is 17.4 Å². The maximum Gasteiger partial charge on any atom is 0.200 e. The van der Waals surface area contributed by atoms with Gasteiger partial charge in [-0.25, -0.2) is 0 Å². The average molecular weight is 299 g/mol. The summed E-state index contributed by atoms with van der Waals surface area (Å²) in [6, 6.07) is 3.84. The molecule has 5 nitrogen and oxygen atoms in total. The lowest BCUT2D eigenvalue weighted by Gasteiger charge is -2.17. The zero-order valence-corrected chi connectivity index (χ0v) is 13.6. The first kappa shape index (κ1) is 14.0. The summed E-state index contributed by atoms with van der Waals surface area (Å²) in [7, 11) is 0. The van der Waals surface area contributed by atoms with Crippen molar-refractivity contribution in [3.05, 3.63) is 39.9 Å². The van der Waals surface area contributed by atoms with Gasteiger partial charge in [0.15, 0.2) is 5.65 Å². The van der Waals surface area contributed by atoms with Crippen molar-refractivity contribution in [2.24, 2.45) is 0 Å². The first-order chi connectivity index (χ1) is 9.99. The Morgan fingerprint density at radius 3 is 2.14 bits per heavy atom. The van der Waals surface area contributed by atoms with Gasteiger partial charge < -0.3 is 0 Å². The molecule has 21 heavy (non-hydrogen) atoms. The Balaban J connectivity index is 2.09. The summed E-state index contributed by atoms with van der Waals surface area (Å²) >= 11 is 1.67. The van der Waals surface area contributed by atoms with E-state index < -0.39 is 0 Å². The van der Waals surface area contributed by atoms with E-state index in [2.05, 4.69) is 55.2 Å². The van der Waals surface area contributed by atoms with Gasteiger partial charge in [-0.3, -0.25) is 0 Å². The highest BCUT2D eigenvalue weighted by molar-refractivity contribution is 7.99. The van der Waals surface area contributed by atoms with Crippen LogP contribution in [0, 0.1) is 34.6 Å². The number of hydrogen-bond acceptors (Lipinski definition) is 5. The highest BCUT2D eigenvalue weighted by Gasteiger charge is 2.14. The van der Waals surface area contributed by atoms with Gasteiger partial charge in [0.1, 0.15) is 5.03 Å². The lowest BCUT2D eigenvalue weighted by atomic mass is 9.95. The average Bonchev–Trinajstić information content (AvgIpc) is 2.95. The molecule has 0 fully saturated rings. The van der Waals surface area contributed by atoms with Crippen molar-refractivity contribution in [1.82, 2.24) is 25.3 Å². The first-order valence-corrected chi connectivity index (χ1v) is 7.61. The summed E-state index contributed by atoms with van der Waals surface area (Å²) in [6.07, 6.45) is 0. The molecule has 0 aliphatic rings. The second-order valence-electron chi connectivity index (χ2n) is 5.25. The van der Waals surface area contributed by atoms with Gasteiger partial charge in [-0.15, -0.1) is 14.8 Å². The summed E-state index contributed by atoms with van der Waals surface area (Å²) in [6.45, 7) is 10.9. The Hall–Kier alpha value is -1.95. The molecule has 0 radical (unpaired) electrons. The minimum atomic E-state index is 0.657. The van der Waals surface area contributed by atoms with Gasteiger partial charge in [0.25, 0.3) is 0 Å². The van der Waals surface area contributed by atoms with Crippen LogP contribution in [0.2, 0.25) is 0 Å². The molecule has 0 spiro atoms. The Morgan fingerprint density at radius 1 is 0.857 bits per heavy atom. The SMILES string of the molecule is Cc1c(C)c(C)c(Sc2ccc3nnnn3n2)c(C)c1C. The van der Waals surface area contributed by atoms with Gasteiger partial charge in [-0.05, 0) is 85.0 Å². The number of aromatic nitrogens is 5. The molecule has 2 heterocycles. The van der Waals surface area contributed by atoms with Crippen LogP contribution in [0.3, 0.4) is 0 Å². The second kappa shape index (κ2) is 5.11. The number of tetrazole rings is 1. The third kappa shape index (κ3) is 2.29. The van der Waals surface area contributed by atoms with Gasteiger partial charge in [0.05, 0.1) is 0 Å². The highest BCUT2D eigenvalue weighted by atomic mass is 32.2. The standard InChI is InChI=1S/C15H17N5S/c1-8-9(2)11(4)15(12(5)10(8)3)21-14-7-6-13-16-18-19-20(13)17-14/h6-7H,1-5H3. The minimum absolute atomic E-state index is 0.657. The van der Waals surface area contributed by atoms with Crippen molar-refractivity contribution in [1.29, 1.82) is 0 Å². The number of nitrogens with zero attached hydrogens (tertiary/aromatic N) is 5. The maximum absolute atomic E-state index is 4.44. The molecule has 6 heteroatoms. The molecule has 0 aliphatic heterocycles. The lowest BCUT2D eigenvalue weighted by Crippen LogP contribution is -2.00. The topological polar surface area (TPSA) is 56.0 Å². The smallest absolute Gasteiger partial charge is 0.140 e. The zero-order chi connectivity index (χ0) is 15.1. The molecule has 0 N–H and O–H groups in total. The molecular weight excluding hydrogens is 282 g/mol. The number of hydrogen-bond donors (Lipinski definition) is 0. The number of benzene rings is 1. The summed E-state index contributed by atoms with van der Waals surface area (Å²) in [4.78, 5) is 1.27. The fraction of sp³-hybridized carbons (Fsp3) is 0.333. The predicted molar refractivity (Wildman–Crippen MR) is 82.8 cm³/mol. The largest absolute Gasteiger partial charge is 0.200 e. The monoisotopic (exact) mass is 299 g/mol. The minimum Gasteiger partial charge on any atom is -0.140 e. The third-order valence-corrected chi connectivity index (χ3v) is 5.43. The molecule has 0 bridgehead atoms. The van der Waals surface area contributed by atoms with Crippen molar-refractivity contribution in [3.8, 4) is 0 Å². The van der Waals surface area contributed by atoms with Crippen LogP contribution < -0.4 is 0 Å². The van der Waals surface area contributed by atoms with Crippen molar-refractivity contribution in [2.45, 2.75) is 44.5 Å². The normalized spacial score (nSPS) is 11.3. The van der Waals surface area contributed by atoms with E-state index in [4.69, 9.17) is 0 Å². The van der Waals surface area contributed by atoms with Crippen LogP contribution in [0.25, 0.3) is 5.65 Å². The number of fused-ring (bicyclic) bond motifs is 1. The summed E-state index contributed by atoms with van der Waals surface area (Å²) in [5.41, 5.74) is 7.37. The maximum atomic E-state index is 4.44. The van der Waals surface area contributed by atoms with Gasteiger partial charge in [0.2, 0.25) is 0 Å². The van der Waals surface area contributed by atoms with Crippen LogP contribution >= 0.6 is 11.8 Å². The van der Waals surface area contributed by atoms with E-state index in [0.29, 0.717) is 5.65 Å². The molecule has 0 unspecified atom stereocenters. The van der Waals surface area contributed by atoms with Crippen LogP contribution in [0.4, 0.5) is 0 Å². The molecule has 3 aromatic rings.